The third-order valence-corrected chi connectivity index (χ3v) is 8.05. The molecule has 5 rings (SSSR count). The highest BCUT2D eigenvalue weighted by Gasteiger charge is 2.29. The summed E-state index contributed by atoms with van der Waals surface area (Å²) in [5.41, 5.74) is 7.07. The van der Waals surface area contributed by atoms with E-state index in [0.29, 0.717) is 11.5 Å². The molecular formula is C26H33N3O2S. The van der Waals surface area contributed by atoms with Gasteiger partial charge in [0.05, 0.1) is 11.3 Å². The van der Waals surface area contributed by atoms with Crippen LogP contribution in [-0.4, -0.2) is 59.2 Å². The van der Waals surface area contributed by atoms with Gasteiger partial charge in [-0.05, 0) is 61.5 Å². The first-order valence-electron chi connectivity index (χ1n) is 11.8. The monoisotopic (exact) mass is 451 g/mol. The molecule has 0 amide bonds. The van der Waals surface area contributed by atoms with Gasteiger partial charge in [0.2, 0.25) is 0 Å². The molecule has 1 fully saturated rings. The Kier molecular flexibility index (Phi) is 6.10. The van der Waals surface area contributed by atoms with E-state index in [1.165, 1.54) is 59.9 Å². The SMILES string of the molecule is CN(C)CCN1CCn2c(c(C3CCCCC3)c3ccc(C(=O)O)cc32)-c2cscc2C1. The zero-order chi connectivity index (χ0) is 22.2. The second kappa shape index (κ2) is 9.00. The molecule has 0 saturated heterocycles. The average Bonchev–Trinajstić information content (AvgIpc) is 3.35. The maximum Gasteiger partial charge on any atom is 0.335 e. The van der Waals surface area contributed by atoms with Crippen LogP contribution in [0.4, 0.5) is 0 Å². The number of benzene rings is 1. The minimum atomic E-state index is -0.851. The minimum absolute atomic E-state index is 0.380. The second-order valence-electron chi connectivity index (χ2n) is 9.68. The molecule has 0 spiro atoms. The molecular weight excluding hydrogens is 418 g/mol. The average molecular weight is 452 g/mol. The van der Waals surface area contributed by atoms with Crippen molar-refractivity contribution >= 4 is 28.2 Å². The Morgan fingerprint density at radius 3 is 2.72 bits per heavy atom. The molecule has 6 heteroatoms. The first kappa shape index (κ1) is 21.7. The van der Waals surface area contributed by atoms with E-state index in [0.717, 1.165) is 38.2 Å². The minimum Gasteiger partial charge on any atom is -0.478 e. The summed E-state index contributed by atoms with van der Waals surface area (Å²) < 4.78 is 2.44. The van der Waals surface area contributed by atoms with Crippen LogP contribution in [0.2, 0.25) is 0 Å². The fourth-order valence-electron chi connectivity index (χ4n) is 5.58. The van der Waals surface area contributed by atoms with E-state index in [4.69, 9.17) is 0 Å². The molecule has 1 aliphatic carbocycles. The van der Waals surface area contributed by atoms with Gasteiger partial charge in [-0.2, -0.15) is 11.3 Å². The highest BCUT2D eigenvalue weighted by molar-refractivity contribution is 7.08. The molecule has 0 radical (unpaired) electrons. The van der Waals surface area contributed by atoms with Crippen LogP contribution in [-0.2, 0) is 13.1 Å². The van der Waals surface area contributed by atoms with Crippen molar-refractivity contribution in [2.45, 2.75) is 51.1 Å². The van der Waals surface area contributed by atoms with Gasteiger partial charge in [0, 0.05) is 54.6 Å². The highest BCUT2D eigenvalue weighted by atomic mass is 32.1. The first-order chi connectivity index (χ1) is 15.5. The van der Waals surface area contributed by atoms with Gasteiger partial charge in [0.1, 0.15) is 0 Å². The van der Waals surface area contributed by atoms with E-state index in [9.17, 15) is 9.90 Å². The number of carbonyl (C=O) groups is 1. The van der Waals surface area contributed by atoms with Crippen LogP contribution in [0.15, 0.2) is 29.0 Å². The molecule has 0 bridgehead atoms. The van der Waals surface area contributed by atoms with Gasteiger partial charge in [0.25, 0.3) is 0 Å². The number of carboxylic acids is 1. The Hall–Kier alpha value is -2.15. The lowest BCUT2D eigenvalue weighted by Gasteiger charge is -2.29. The maximum atomic E-state index is 11.8. The smallest absolute Gasteiger partial charge is 0.335 e. The van der Waals surface area contributed by atoms with Crippen LogP contribution < -0.4 is 0 Å². The second-order valence-corrected chi connectivity index (χ2v) is 10.4. The summed E-state index contributed by atoms with van der Waals surface area (Å²) in [7, 11) is 4.25. The van der Waals surface area contributed by atoms with Crippen molar-refractivity contribution in [3.63, 3.8) is 0 Å². The molecule has 3 aromatic rings. The van der Waals surface area contributed by atoms with Crippen LogP contribution in [0.25, 0.3) is 22.2 Å². The largest absolute Gasteiger partial charge is 0.478 e. The number of carboxylic acid groups (broad SMARTS) is 1. The van der Waals surface area contributed by atoms with E-state index >= 15 is 0 Å². The number of nitrogens with zero attached hydrogens (tertiary/aromatic N) is 3. The molecule has 1 aliphatic heterocycles. The van der Waals surface area contributed by atoms with E-state index in [1.807, 2.05) is 6.07 Å². The molecule has 32 heavy (non-hydrogen) atoms. The standard InChI is InChI=1S/C26H33N3O2S/c1-27(2)10-11-28-12-13-29-23-14-19(26(30)31)8-9-21(23)24(18-6-4-3-5-7-18)25(29)22-17-32-16-20(22)15-28/h8-9,14,16-18H,3-7,10-13,15H2,1-2H3,(H,30,31). The van der Waals surface area contributed by atoms with Crippen LogP contribution in [0, 0.1) is 0 Å². The van der Waals surface area contributed by atoms with Crippen LogP contribution in [0.1, 0.15) is 59.5 Å². The van der Waals surface area contributed by atoms with Gasteiger partial charge < -0.3 is 14.6 Å². The third kappa shape index (κ3) is 4.00. The van der Waals surface area contributed by atoms with Gasteiger partial charge in [-0.15, -0.1) is 0 Å². The number of hydrogen-bond donors (Lipinski definition) is 1. The van der Waals surface area contributed by atoms with Crippen molar-refractivity contribution in [3.8, 4) is 11.3 Å². The Morgan fingerprint density at radius 1 is 1.16 bits per heavy atom. The molecule has 3 heterocycles. The predicted octanol–water partition coefficient (Wildman–Crippen LogP) is 5.49. The van der Waals surface area contributed by atoms with Crippen molar-refractivity contribution in [2.75, 3.05) is 33.7 Å². The maximum absolute atomic E-state index is 11.8. The topological polar surface area (TPSA) is 48.7 Å². The van der Waals surface area contributed by atoms with Crippen molar-refractivity contribution in [1.82, 2.24) is 14.4 Å². The molecule has 5 nitrogen and oxygen atoms in total. The Morgan fingerprint density at radius 2 is 1.97 bits per heavy atom. The summed E-state index contributed by atoms with van der Waals surface area (Å²) in [4.78, 5) is 16.6. The molecule has 170 valence electrons. The molecule has 1 aromatic carbocycles. The number of hydrogen-bond acceptors (Lipinski definition) is 4. The predicted molar refractivity (Wildman–Crippen MR) is 132 cm³/mol. The van der Waals surface area contributed by atoms with E-state index < -0.39 is 5.97 Å². The quantitative estimate of drug-likeness (QED) is 0.557. The number of likely N-dealkylation sites (N-methyl/N-ethyl adjacent to an activating group) is 1. The van der Waals surface area contributed by atoms with E-state index in [1.54, 1.807) is 17.4 Å². The molecule has 0 atom stereocenters. The Labute approximate surface area is 194 Å². The summed E-state index contributed by atoms with van der Waals surface area (Å²) in [6.45, 7) is 4.92. The third-order valence-electron chi connectivity index (χ3n) is 7.26. The van der Waals surface area contributed by atoms with E-state index in [2.05, 4.69) is 45.3 Å². The summed E-state index contributed by atoms with van der Waals surface area (Å²) in [6, 6.07) is 5.78. The number of aromatic carboxylic acids is 1. The molecule has 1 saturated carbocycles. The van der Waals surface area contributed by atoms with Crippen molar-refractivity contribution in [3.05, 3.63) is 45.6 Å². The zero-order valence-corrected chi connectivity index (χ0v) is 20.0. The summed E-state index contributed by atoms with van der Waals surface area (Å²) >= 11 is 1.79. The van der Waals surface area contributed by atoms with Crippen LogP contribution in [0.5, 0.6) is 0 Å². The zero-order valence-electron chi connectivity index (χ0n) is 19.1. The number of rotatable bonds is 5. The summed E-state index contributed by atoms with van der Waals surface area (Å²) in [5.74, 6) is -0.286. The van der Waals surface area contributed by atoms with Gasteiger partial charge >= 0.3 is 5.97 Å². The molecule has 2 aliphatic rings. The van der Waals surface area contributed by atoms with Crippen LogP contribution in [0.3, 0.4) is 0 Å². The van der Waals surface area contributed by atoms with Gasteiger partial charge in [-0.25, -0.2) is 4.79 Å². The fraction of sp³-hybridized carbons (Fsp3) is 0.500. The number of fused-ring (bicyclic) bond motifs is 5. The number of thiophene rings is 1. The molecule has 2 aromatic heterocycles. The summed E-state index contributed by atoms with van der Waals surface area (Å²) in [5, 5.41) is 15.6. The lowest BCUT2D eigenvalue weighted by molar-refractivity contribution is 0.0697. The normalized spacial score (nSPS) is 17.8. The molecule has 1 N–H and O–H groups in total. The van der Waals surface area contributed by atoms with Crippen molar-refractivity contribution in [1.29, 1.82) is 0 Å². The van der Waals surface area contributed by atoms with Crippen molar-refractivity contribution < 1.29 is 9.90 Å². The van der Waals surface area contributed by atoms with Crippen LogP contribution >= 0.6 is 11.3 Å². The fourth-order valence-corrected chi connectivity index (χ4v) is 6.42. The number of aromatic nitrogens is 1. The van der Waals surface area contributed by atoms with Gasteiger partial charge in [-0.3, -0.25) is 4.90 Å². The summed E-state index contributed by atoms with van der Waals surface area (Å²) in [6.07, 6.45) is 6.39. The van der Waals surface area contributed by atoms with Gasteiger partial charge in [-0.1, -0.05) is 25.3 Å². The highest BCUT2D eigenvalue weighted by Crippen LogP contribution is 2.46. The lowest BCUT2D eigenvalue weighted by atomic mass is 9.81. The van der Waals surface area contributed by atoms with E-state index in [-0.39, 0.29) is 0 Å². The lowest BCUT2D eigenvalue weighted by Crippen LogP contribution is -2.34. The first-order valence-corrected chi connectivity index (χ1v) is 12.8. The Bertz CT molecular complexity index is 1120. The Balaban J connectivity index is 1.68. The molecule has 0 unspecified atom stereocenters. The van der Waals surface area contributed by atoms with Crippen molar-refractivity contribution in [2.24, 2.45) is 0 Å². The van der Waals surface area contributed by atoms with Gasteiger partial charge in [0.15, 0.2) is 0 Å².